The van der Waals surface area contributed by atoms with Crippen molar-refractivity contribution >= 4 is 10.0 Å². The van der Waals surface area contributed by atoms with Crippen LogP contribution >= 0.6 is 0 Å². The molecule has 1 N–H and O–H groups in total. The number of sulfonamides is 1. The molecule has 1 aliphatic carbocycles. The highest BCUT2D eigenvalue weighted by Crippen LogP contribution is 2.18. The van der Waals surface area contributed by atoms with Crippen molar-refractivity contribution in [1.29, 1.82) is 0 Å². The molecule has 2 fully saturated rings. The van der Waals surface area contributed by atoms with Crippen LogP contribution in [0.1, 0.15) is 32.1 Å². The van der Waals surface area contributed by atoms with Crippen LogP contribution in [0.3, 0.4) is 0 Å². The summed E-state index contributed by atoms with van der Waals surface area (Å²) in [6.45, 7) is 2.31. The highest BCUT2D eigenvalue weighted by atomic mass is 32.2. The molecule has 15 heavy (non-hydrogen) atoms. The van der Waals surface area contributed by atoms with E-state index in [2.05, 4.69) is 5.32 Å². The van der Waals surface area contributed by atoms with Crippen LogP contribution in [0.2, 0.25) is 0 Å². The van der Waals surface area contributed by atoms with Crippen LogP contribution in [0.4, 0.5) is 0 Å². The minimum atomic E-state index is -2.94. The van der Waals surface area contributed by atoms with Crippen molar-refractivity contribution in [3.8, 4) is 0 Å². The minimum Gasteiger partial charge on any atom is -0.314 e. The highest BCUT2D eigenvalue weighted by molar-refractivity contribution is 7.89. The summed E-state index contributed by atoms with van der Waals surface area (Å²) in [5, 5.41) is 3.34. The smallest absolute Gasteiger partial charge is 0.214 e. The van der Waals surface area contributed by atoms with E-state index in [0.29, 0.717) is 11.8 Å². The van der Waals surface area contributed by atoms with Gasteiger partial charge >= 0.3 is 0 Å². The summed E-state index contributed by atoms with van der Waals surface area (Å²) in [5.74, 6) is 0.312. The van der Waals surface area contributed by atoms with E-state index in [1.165, 1.54) is 12.8 Å². The van der Waals surface area contributed by atoms with E-state index in [0.717, 1.165) is 38.9 Å². The predicted molar refractivity (Wildman–Crippen MR) is 60.2 cm³/mol. The highest BCUT2D eigenvalue weighted by Gasteiger charge is 2.25. The fourth-order valence-corrected chi connectivity index (χ4v) is 3.53. The molecule has 1 aliphatic heterocycles. The Labute approximate surface area is 92.1 Å². The summed E-state index contributed by atoms with van der Waals surface area (Å²) < 4.78 is 25.2. The van der Waals surface area contributed by atoms with E-state index in [-0.39, 0.29) is 0 Å². The second-order valence-electron chi connectivity index (χ2n) is 4.50. The summed E-state index contributed by atoms with van der Waals surface area (Å²) in [4.78, 5) is 0. The number of hydrogen-bond acceptors (Lipinski definition) is 3. The largest absolute Gasteiger partial charge is 0.314 e. The first kappa shape index (κ1) is 11.4. The van der Waals surface area contributed by atoms with E-state index in [9.17, 15) is 8.42 Å². The molecule has 2 rings (SSSR count). The molecule has 0 radical (unpaired) electrons. The standard InChI is InChI=1S/C10H20N2O2S/c13-15(14,12-7-1-2-8-12)9-3-6-11-10-4-5-10/h10-11H,1-9H2. The average molecular weight is 232 g/mol. The molecule has 0 unspecified atom stereocenters. The van der Waals surface area contributed by atoms with Crippen LogP contribution in [-0.4, -0.2) is 44.2 Å². The molecule has 0 amide bonds. The Morgan fingerprint density at radius 2 is 1.87 bits per heavy atom. The summed E-state index contributed by atoms with van der Waals surface area (Å²) in [5.41, 5.74) is 0. The van der Waals surface area contributed by atoms with Gasteiger partial charge < -0.3 is 5.32 Å². The SMILES string of the molecule is O=S(=O)(CCCNC1CC1)N1CCCC1. The van der Waals surface area contributed by atoms with Gasteiger partial charge in [0.1, 0.15) is 0 Å². The molecule has 1 saturated heterocycles. The molecule has 1 saturated carbocycles. The molecule has 0 bridgehead atoms. The molecule has 2 aliphatic rings. The Hall–Kier alpha value is -0.130. The zero-order chi connectivity index (χ0) is 10.7. The van der Waals surface area contributed by atoms with Crippen LogP contribution < -0.4 is 5.32 Å². The van der Waals surface area contributed by atoms with Crippen LogP contribution in [0.25, 0.3) is 0 Å². The summed E-state index contributed by atoms with van der Waals surface area (Å²) in [6, 6.07) is 0.680. The van der Waals surface area contributed by atoms with Crippen LogP contribution in [0, 0.1) is 0 Å². The van der Waals surface area contributed by atoms with Gasteiger partial charge in [0.25, 0.3) is 0 Å². The Morgan fingerprint density at radius 1 is 1.20 bits per heavy atom. The van der Waals surface area contributed by atoms with Gasteiger partial charge in [0.15, 0.2) is 0 Å². The Morgan fingerprint density at radius 3 is 2.47 bits per heavy atom. The molecule has 1 heterocycles. The molecule has 0 atom stereocenters. The third kappa shape index (κ3) is 3.43. The molecule has 0 aromatic rings. The van der Waals surface area contributed by atoms with Gasteiger partial charge in [-0.05, 0) is 38.6 Å². The van der Waals surface area contributed by atoms with Crippen LogP contribution in [0.15, 0.2) is 0 Å². The molecule has 5 heteroatoms. The van der Waals surface area contributed by atoms with Gasteiger partial charge in [-0.1, -0.05) is 0 Å². The number of nitrogens with one attached hydrogen (secondary N) is 1. The fourth-order valence-electron chi connectivity index (χ4n) is 1.94. The first-order valence-electron chi connectivity index (χ1n) is 5.90. The fraction of sp³-hybridized carbons (Fsp3) is 1.00. The first-order valence-corrected chi connectivity index (χ1v) is 7.50. The van der Waals surface area contributed by atoms with Crippen molar-refractivity contribution in [3.63, 3.8) is 0 Å². The van der Waals surface area contributed by atoms with Crippen molar-refractivity contribution in [2.24, 2.45) is 0 Å². The maximum atomic E-state index is 11.8. The normalized spacial score (nSPS) is 23.5. The Bertz CT molecular complexity index is 293. The van der Waals surface area contributed by atoms with E-state index in [1.54, 1.807) is 4.31 Å². The molecular weight excluding hydrogens is 212 g/mol. The van der Waals surface area contributed by atoms with Gasteiger partial charge in [0, 0.05) is 19.1 Å². The lowest BCUT2D eigenvalue weighted by Crippen LogP contribution is -2.31. The molecule has 88 valence electrons. The van der Waals surface area contributed by atoms with Crippen LogP contribution in [-0.2, 0) is 10.0 Å². The predicted octanol–water partition coefficient (Wildman–Crippen LogP) is 0.554. The molecule has 0 aromatic heterocycles. The summed E-state index contributed by atoms with van der Waals surface area (Å²) in [7, 11) is -2.94. The summed E-state index contributed by atoms with van der Waals surface area (Å²) >= 11 is 0. The second kappa shape index (κ2) is 4.80. The van der Waals surface area contributed by atoms with Gasteiger partial charge in [-0.25, -0.2) is 12.7 Å². The number of hydrogen-bond donors (Lipinski definition) is 1. The van der Waals surface area contributed by atoms with Crippen molar-refractivity contribution in [1.82, 2.24) is 9.62 Å². The van der Waals surface area contributed by atoms with Crippen LogP contribution in [0.5, 0.6) is 0 Å². The van der Waals surface area contributed by atoms with E-state index < -0.39 is 10.0 Å². The molecule has 4 nitrogen and oxygen atoms in total. The third-order valence-electron chi connectivity index (χ3n) is 3.05. The maximum absolute atomic E-state index is 11.8. The van der Waals surface area contributed by atoms with Crippen molar-refractivity contribution in [3.05, 3.63) is 0 Å². The van der Waals surface area contributed by atoms with Crippen molar-refractivity contribution in [2.75, 3.05) is 25.4 Å². The third-order valence-corrected chi connectivity index (χ3v) is 5.00. The molecular formula is C10H20N2O2S. The number of nitrogens with zero attached hydrogens (tertiary/aromatic N) is 1. The average Bonchev–Trinajstić information content (AvgIpc) is 2.83. The molecule has 0 aromatic carbocycles. The van der Waals surface area contributed by atoms with Crippen molar-refractivity contribution < 1.29 is 8.42 Å². The topological polar surface area (TPSA) is 49.4 Å². The van der Waals surface area contributed by atoms with Crippen molar-refractivity contribution in [2.45, 2.75) is 38.1 Å². The van der Waals surface area contributed by atoms with E-state index >= 15 is 0 Å². The maximum Gasteiger partial charge on any atom is 0.214 e. The van der Waals surface area contributed by atoms with Gasteiger partial charge in [-0.15, -0.1) is 0 Å². The van der Waals surface area contributed by atoms with Gasteiger partial charge in [-0.3, -0.25) is 0 Å². The minimum absolute atomic E-state index is 0.312. The second-order valence-corrected chi connectivity index (χ2v) is 6.59. The summed E-state index contributed by atoms with van der Waals surface area (Å²) in [6.07, 6.45) is 5.33. The lowest BCUT2D eigenvalue weighted by molar-refractivity contribution is 0.474. The van der Waals surface area contributed by atoms with Gasteiger partial charge in [-0.2, -0.15) is 0 Å². The zero-order valence-electron chi connectivity index (χ0n) is 9.11. The monoisotopic (exact) mass is 232 g/mol. The Kier molecular flexibility index (Phi) is 3.64. The van der Waals surface area contributed by atoms with Gasteiger partial charge in [0.2, 0.25) is 10.0 Å². The quantitative estimate of drug-likeness (QED) is 0.681. The lowest BCUT2D eigenvalue weighted by atomic mass is 10.4. The van der Waals surface area contributed by atoms with E-state index in [1.807, 2.05) is 0 Å². The lowest BCUT2D eigenvalue weighted by Gasteiger charge is -2.15. The first-order chi connectivity index (χ1) is 7.18. The number of rotatable bonds is 6. The van der Waals surface area contributed by atoms with E-state index in [4.69, 9.17) is 0 Å². The molecule has 0 spiro atoms. The Balaban J connectivity index is 1.66. The van der Waals surface area contributed by atoms with Gasteiger partial charge in [0.05, 0.1) is 5.75 Å². The zero-order valence-corrected chi connectivity index (χ0v) is 9.93.